The Balaban J connectivity index is 3.46. The topological polar surface area (TPSA) is 69.7 Å². The van der Waals surface area contributed by atoms with E-state index in [4.69, 9.17) is 4.74 Å². The molecular formula is C17H30O5. The van der Waals surface area contributed by atoms with E-state index >= 15 is 0 Å². The highest BCUT2D eigenvalue weighted by Crippen LogP contribution is 2.06. The number of esters is 2. The molecule has 0 rings (SSSR count). The summed E-state index contributed by atoms with van der Waals surface area (Å²) in [7, 11) is 1.34. The van der Waals surface area contributed by atoms with Crippen LogP contribution < -0.4 is 0 Å². The summed E-state index contributed by atoms with van der Waals surface area (Å²) in [6.45, 7) is 2.58. The Kier molecular flexibility index (Phi) is 13.6. The summed E-state index contributed by atoms with van der Waals surface area (Å²) in [5.74, 6) is -0.838. The van der Waals surface area contributed by atoms with E-state index in [1.54, 1.807) is 0 Å². The van der Waals surface area contributed by atoms with Crippen LogP contribution in [0.1, 0.15) is 77.6 Å². The van der Waals surface area contributed by atoms with Crippen molar-refractivity contribution < 1.29 is 23.9 Å². The largest absolute Gasteiger partial charge is 0.469 e. The van der Waals surface area contributed by atoms with Gasteiger partial charge in [0.1, 0.15) is 12.2 Å². The van der Waals surface area contributed by atoms with E-state index in [1.165, 1.54) is 32.8 Å². The van der Waals surface area contributed by atoms with Gasteiger partial charge in [0.2, 0.25) is 0 Å². The Morgan fingerprint density at radius 1 is 0.773 bits per heavy atom. The van der Waals surface area contributed by atoms with E-state index < -0.39 is 5.97 Å². The van der Waals surface area contributed by atoms with Crippen molar-refractivity contribution in [2.24, 2.45) is 0 Å². The second-order valence-corrected chi connectivity index (χ2v) is 5.49. The summed E-state index contributed by atoms with van der Waals surface area (Å²) >= 11 is 0. The molecule has 22 heavy (non-hydrogen) atoms. The van der Waals surface area contributed by atoms with E-state index in [-0.39, 0.29) is 18.2 Å². The maximum absolute atomic E-state index is 11.6. The normalized spacial score (nSPS) is 10.3. The number of rotatable bonds is 14. The van der Waals surface area contributed by atoms with Crippen molar-refractivity contribution in [3.05, 3.63) is 0 Å². The lowest BCUT2D eigenvalue weighted by Crippen LogP contribution is -2.12. The summed E-state index contributed by atoms with van der Waals surface area (Å²) in [5.41, 5.74) is 0. The lowest BCUT2D eigenvalue weighted by molar-refractivity contribution is -0.146. The van der Waals surface area contributed by atoms with Crippen LogP contribution in [-0.2, 0) is 23.9 Å². The Morgan fingerprint density at radius 2 is 1.41 bits per heavy atom. The Labute approximate surface area is 133 Å². The molecule has 0 radical (unpaired) electrons. The molecule has 0 aliphatic heterocycles. The standard InChI is InChI=1S/C17H30O5/c1-3-4-5-6-7-10-13-22-17(20)14-15(18)11-8-9-12-16(19)21-2/h3-14H2,1-2H3. The third-order valence-electron chi connectivity index (χ3n) is 3.42. The first kappa shape index (κ1) is 20.6. The lowest BCUT2D eigenvalue weighted by atomic mass is 10.1. The average Bonchev–Trinajstić information content (AvgIpc) is 2.50. The molecule has 0 spiro atoms. The molecule has 0 bridgehead atoms. The van der Waals surface area contributed by atoms with Gasteiger partial charge in [-0.05, 0) is 19.3 Å². The maximum Gasteiger partial charge on any atom is 0.313 e. The van der Waals surface area contributed by atoms with Gasteiger partial charge < -0.3 is 9.47 Å². The highest BCUT2D eigenvalue weighted by Gasteiger charge is 2.11. The first-order valence-corrected chi connectivity index (χ1v) is 8.34. The molecule has 0 atom stereocenters. The highest BCUT2D eigenvalue weighted by atomic mass is 16.5. The van der Waals surface area contributed by atoms with Crippen molar-refractivity contribution in [1.82, 2.24) is 0 Å². The Hall–Kier alpha value is -1.39. The number of hydrogen-bond donors (Lipinski definition) is 0. The van der Waals surface area contributed by atoms with Gasteiger partial charge in [0.15, 0.2) is 0 Å². The summed E-state index contributed by atoms with van der Waals surface area (Å²) in [6.07, 6.45) is 8.46. The van der Waals surface area contributed by atoms with Crippen molar-refractivity contribution in [1.29, 1.82) is 0 Å². The van der Waals surface area contributed by atoms with Crippen LogP contribution in [0, 0.1) is 0 Å². The molecule has 0 saturated carbocycles. The number of ketones is 1. The van der Waals surface area contributed by atoms with Crippen LogP contribution >= 0.6 is 0 Å². The number of methoxy groups -OCH3 is 1. The van der Waals surface area contributed by atoms with Crippen LogP contribution in [-0.4, -0.2) is 31.4 Å². The van der Waals surface area contributed by atoms with Gasteiger partial charge in [-0.25, -0.2) is 0 Å². The Bertz CT molecular complexity index is 325. The molecule has 0 aliphatic rings. The predicted octanol–water partition coefficient (Wildman–Crippen LogP) is 3.58. The van der Waals surface area contributed by atoms with Gasteiger partial charge in [0.25, 0.3) is 0 Å². The number of unbranched alkanes of at least 4 members (excludes halogenated alkanes) is 6. The molecule has 0 heterocycles. The van der Waals surface area contributed by atoms with E-state index in [0.717, 1.165) is 12.8 Å². The van der Waals surface area contributed by atoms with Crippen molar-refractivity contribution in [2.45, 2.75) is 77.6 Å². The molecule has 0 aromatic rings. The van der Waals surface area contributed by atoms with E-state index in [9.17, 15) is 14.4 Å². The van der Waals surface area contributed by atoms with Gasteiger partial charge in [-0.1, -0.05) is 39.0 Å². The second-order valence-electron chi connectivity index (χ2n) is 5.49. The molecule has 0 unspecified atom stereocenters. The van der Waals surface area contributed by atoms with Crippen molar-refractivity contribution in [2.75, 3.05) is 13.7 Å². The average molecular weight is 314 g/mol. The molecule has 0 fully saturated rings. The third kappa shape index (κ3) is 13.6. The van der Waals surface area contributed by atoms with E-state index in [2.05, 4.69) is 11.7 Å². The first-order valence-electron chi connectivity index (χ1n) is 8.34. The number of carbonyl (C=O) groups excluding carboxylic acids is 3. The highest BCUT2D eigenvalue weighted by molar-refractivity contribution is 5.95. The Morgan fingerprint density at radius 3 is 2.09 bits per heavy atom. The van der Waals surface area contributed by atoms with Crippen molar-refractivity contribution in [3.8, 4) is 0 Å². The molecular weight excluding hydrogens is 284 g/mol. The van der Waals surface area contributed by atoms with Crippen molar-refractivity contribution >= 4 is 17.7 Å². The zero-order valence-electron chi connectivity index (χ0n) is 14.0. The van der Waals surface area contributed by atoms with Crippen LogP contribution in [0.2, 0.25) is 0 Å². The van der Waals surface area contributed by atoms with Crippen LogP contribution in [0.15, 0.2) is 0 Å². The summed E-state index contributed by atoms with van der Waals surface area (Å²) in [5, 5.41) is 0. The maximum atomic E-state index is 11.6. The van der Waals surface area contributed by atoms with Crippen molar-refractivity contribution in [3.63, 3.8) is 0 Å². The molecule has 0 aromatic heterocycles. The zero-order valence-corrected chi connectivity index (χ0v) is 14.0. The monoisotopic (exact) mass is 314 g/mol. The molecule has 128 valence electrons. The van der Waals surface area contributed by atoms with Gasteiger partial charge >= 0.3 is 11.9 Å². The minimum atomic E-state index is -0.438. The van der Waals surface area contributed by atoms with Crippen LogP contribution in [0.4, 0.5) is 0 Å². The minimum Gasteiger partial charge on any atom is -0.469 e. The molecule has 0 amide bonds. The predicted molar refractivity (Wildman–Crippen MR) is 84.4 cm³/mol. The van der Waals surface area contributed by atoms with E-state index in [1.807, 2.05) is 0 Å². The fraction of sp³-hybridized carbons (Fsp3) is 0.824. The van der Waals surface area contributed by atoms with Gasteiger partial charge in [-0.15, -0.1) is 0 Å². The number of Topliss-reactive ketones (excluding diaryl/α,β-unsaturated/α-hetero) is 1. The SMILES string of the molecule is CCCCCCCCOC(=O)CC(=O)CCCCC(=O)OC. The molecule has 5 heteroatoms. The molecule has 5 nitrogen and oxygen atoms in total. The smallest absolute Gasteiger partial charge is 0.313 e. The number of carbonyl (C=O) groups is 3. The molecule has 0 N–H and O–H groups in total. The zero-order chi connectivity index (χ0) is 16.6. The first-order chi connectivity index (χ1) is 10.6. The fourth-order valence-corrected chi connectivity index (χ4v) is 2.06. The molecule has 0 aromatic carbocycles. The van der Waals surface area contributed by atoms with E-state index in [0.29, 0.717) is 32.3 Å². The fourth-order valence-electron chi connectivity index (χ4n) is 2.06. The van der Waals surface area contributed by atoms with Gasteiger partial charge in [-0.2, -0.15) is 0 Å². The van der Waals surface area contributed by atoms with Crippen LogP contribution in [0.25, 0.3) is 0 Å². The molecule has 0 saturated heterocycles. The number of hydrogen-bond acceptors (Lipinski definition) is 5. The second kappa shape index (κ2) is 14.5. The number of ether oxygens (including phenoxy) is 2. The summed E-state index contributed by atoms with van der Waals surface area (Å²) in [6, 6.07) is 0. The van der Waals surface area contributed by atoms with Crippen LogP contribution in [0.5, 0.6) is 0 Å². The quantitative estimate of drug-likeness (QED) is 0.278. The van der Waals surface area contributed by atoms with Crippen LogP contribution in [0.3, 0.4) is 0 Å². The lowest BCUT2D eigenvalue weighted by Gasteiger charge is -2.05. The van der Waals surface area contributed by atoms with Gasteiger partial charge in [0.05, 0.1) is 13.7 Å². The van der Waals surface area contributed by atoms with Gasteiger partial charge in [0, 0.05) is 12.8 Å². The minimum absolute atomic E-state index is 0.127. The summed E-state index contributed by atoms with van der Waals surface area (Å²) in [4.78, 5) is 33.9. The summed E-state index contributed by atoms with van der Waals surface area (Å²) < 4.78 is 9.56. The molecule has 0 aliphatic carbocycles. The third-order valence-corrected chi connectivity index (χ3v) is 3.42. The van der Waals surface area contributed by atoms with Gasteiger partial charge in [-0.3, -0.25) is 14.4 Å².